The Morgan fingerprint density at radius 2 is 1.86 bits per heavy atom. The SMILES string of the molecule is CCCC(NC(=O)CNC(=O)Nc1ccc(Br)cc1)C(=O)O. The molecule has 0 spiro atoms. The van der Waals surface area contributed by atoms with Crippen molar-refractivity contribution in [2.75, 3.05) is 11.9 Å². The quantitative estimate of drug-likeness (QED) is 0.587. The number of rotatable bonds is 7. The van der Waals surface area contributed by atoms with Gasteiger partial charge in [0.25, 0.3) is 0 Å². The first-order valence-corrected chi connectivity index (χ1v) is 7.54. The third-order valence-electron chi connectivity index (χ3n) is 2.72. The zero-order valence-corrected chi connectivity index (χ0v) is 13.6. The highest BCUT2D eigenvalue weighted by molar-refractivity contribution is 9.10. The Balaban J connectivity index is 2.38. The third-order valence-corrected chi connectivity index (χ3v) is 3.25. The van der Waals surface area contributed by atoms with Crippen LogP contribution in [0, 0.1) is 0 Å². The Morgan fingerprint density at radius 3 is 2.41 bits per heavy atom. The molecule has 0 bridgehead atoms. The van der Waals surface area contributed by atoms with Crippen molar-refractivity contribution in [3.63, 3.8) is 0 Å². The Kier molecular flexibility index (Phi) is 7.38. The number of nitrogens with one attached hydrogen (secondary N) is 3. The van der Waals surface area contributed by atoms with Crippen LogP contribution in [0.15, 0.2) is 28.7 Å². The third kappa shape index (κ3) is 6.57. The van der Waals surface area contributed by atoms with Crippen LogP contribution in [0.5, 0.6) is 0 Å². The molecule has 1 aromatic carbocycles. The van der Waals surface area contributed by atoms with Gasteiger partial charge in [0.05, 0.1) is 6.54 Å². The van der Waals surface area contributed by atoms with Gasteiger partial charge in [0, 0.05) is 10.2 Å². The van der Waals surface area contributed by atoms with Gasteiger partial charge >= 0.3 is 12.0 Å². The molecule has 7 nitrogen and oxygen atoms in total. The summed E-state index contributed by atoms with van der Waals surface area (Å²) in [5.74, 6) is -1.64. The van der Waals surface area contributed by atoms with Crippen LogP contribution < -0.4 is 16.0 Å². The van der Waals surface area contributed by atoms with E-state index in [-0.39, 0.29) is 6.54 Å². The normalized spacial score (nSPS) is 11.4. The summed E-state index contributed by atoms with van der Waals surface area (Å²) in [4.78, 5) is 34.1. The van der Waals surface area contributed by atoms with Crippen LogP contribution in [-0.4, -0.2) is 35.6 Å². The van der Waals surface area contributed by atoms with Gasteiger partial charge in [-0.2, -0.15) is 0 Å². The maximum atomic E-state index is 11.6. The summed E-state index contributed by atoms with van der Waals surface area (Å²) in [7, 11) is 0. The minimum absolute atomic E-state index is 0.296. The molecule has 0 radical (unpaired) electrons. The lowest BCUT2D eigenvalue weighted by Gasteiger charge is -2.14. The summed E-state index contributed by atoms with van der Waals surface area (Å²) in [5, 5.41) is 16.2. The van der Waals surface area contributed by atoms with Gasteiger partial charge in [0.1, 0.15) is 6.04 Å². The Labute approximate surface area is 136 Å². The number of urea groups is 1. The summed E-state index contributed by atoms with van der Waals surface area (Å²) in [5.41, 5.74) is 0.579. The van der Waals surface area contributed by atoms with E-state index >= 15 is 0 Å². The molecule has 1 unspecified atom stereocenters. The molecule has 120 valence electrons. The van der Waals surface area contributed by atoms with Gasteiger partial charge in [-0.1, -0.05) is 29.3 Å². The number of hydrogen-bond donors (Lipinski definition) is 4. The number of carbonyl (C=O) groups excluding carboxylic acids is 2. The molecule has 1 rings (SSSR count). The number of anilines is 1. The van der Waals surface area contributed by atoms with Gasteiger partial charge < -0.3 is 21.1 Å². The molecular formula is C14H18BrN3O4. The molecule has 0 aliphatic carbocycles. The second kappa shape index (κ2) is 9.04. The van der Waals surface area contributed by atoms with E-state index in [1.165, 1.54) is 0 Å². The average Bonchev–Trinajstić information content (AvgIpc) is 2.47. The van der Waals surface area contributed by atoms with Gasteiger partial charge in [-0.3, -0.25) is 4.79 Å². The van der Waals surface area contributed by atoms with E-state index in [1.807, 2.05) is 6.92 Å². The number of amides is 3. The molecule has 0 aliphatic rings. The lowest BCUT2D eigenvalue weighted by Crippen LogP contribution is -2.46. The largest absolute Gasteiger partial charge is 0.480 e. The molecule has 3 amide bonds. The second-order valence-electron chi connectivity index (χ2n) is 4.56. The van der Waals surface area contributed by atoms with E-state index in [0.717, 1.165) is 4.47 Å². The molecule has 4 N–H and O–H groups in total. The number of benzene rings is 1. The van der Waals surface area contributed by atoms with Crippen molar-refractivity contribution >= 4 is 39.5 Å². The fourth-order valence-corrected chi connectivity index (χ4v) is 1.92. The molecule has 0 fully saturated rings. The van der Waals surface area contributed by atoms with Crippen molar-refractivity contribution in [2.45, 2.75) is 25.8 Å². The molecule has 0 aromatic heterocycles. The summed E-state index contributed by atoms with van der Waals surface area (Å²) in [6.07, 6.45) is 0.973. The smallest absolute Gasteiger partial charge is 0.326 e. The lowest BCUT2D eigenvalue weighted by molar-refractivity contribution is -0.141. The van der Waals surface area contributed by atoms with E-state index in [1.54, 1.807) is 24.3 Å². The molecule has 22 heavy (non-hydrogen) atoms. The van der Waals surface area contributed by atoms with Crippen LogP contribution in [0.2, 0.25) is 0 Å². The Bertz CT molecular complexity index is 533. The molecular weight excluding hydrogens is 354 g/mol. The summed E-state index contributed by atoms with van der Waals surface area (Å²) >= 11 is 3.28. The highest BCUT2D eigenvalue weighted by atomic mass is 79.9. The highest BCUT2D eigenvalue weighted by Gasteiger charge is 2.18. The average molecular weight is 372 g/mol. The first kappa shape index (κ1) is 18.0. The van der Waals surface area contributed by atoms with E-state index in [9.17, 15) is 14.4 Å². The number of carboxylic acid groups (broad SMARTS) is 1. The van der Waals surface area contributed by atoms with Crippen LogP contribution in [0.25, 0.3) is 0 Å². The number of halogens is 1. The summed E-state index contributed by atoms with van der Waals surface area (Å²) < 4.78 is 0.883. The fourth-order valence-electron chi connectivity index (χ4n) is 1.66. The van der Waals surface area contributed by atoms with Crippen molar-refractivity contribution in [1.82, 2.24) is 10.6 Å². The van der Waals surface area contributed by atoms with Crippen LogP contribution in [-0.2, 0) is 9.59 Å². The first-order valence-electron chi connectivity index (χ1n) is 6.75. The Hall–Kier alpha value is -2.09. The molecule has 0 aliphatic heterocycles. The first-order chi connectivity index (χ1) is 10.4. The van der Waals surface area contributed by atoms with Crippen molar-refractivity contribution in [3.05, 3.63) is 28.7 Å². The standard InChI is InChI=1S/C14H18BrN3O4/c1-2-3-11(13(20)21)18-12(19)8-16-14(22)17-10-6-4-9(15)5-7-10/h4-7,11H,2-3,8H2,1H3,(H,18,19)(H,20,21)(H2,16,17,22). The molecule has 1 atom stereocenters. The topological polar surface area (TPSA) is 108 Å². The minimum Gasteiger partial charge on any atom is -0.480 e. The second-order valence-corrected chi connectivity index (χ2v) is 5.48. The van der Waals surface area contributed by atoms with E-state index in [4.69, 9.17) is 5.11 Å². The van der Waals surface area contributed by atoms with Crippen molar-refractivity contribution in [1.29, 1.82) is 0 Å². The van der Waals surface area contributed by atoms with Crippen LogP contribution in [0.1, 0.15) is 19.8 Å². The predicted molar refractivity (Wildman–Crippen MR) is 85.6 cm³/mol. The van der Waals surface area contributed by atoms with Crippen LogP contribution in [0.4, 0.5) is 10.5 Å². The van der Waals surface area contributed by atoms with Gasteiger partial charge in [0.2, 0.25) is 5.91 Å². The van der Waals surface area contributed by atoms with E-state index in [0.29, 0.717) is 18.5 Å². The van der Waals surface area contributed by atoms with Crippen LogP contribution in [0.3, 0.4) is 0 Å². The van der Waals surface area contributed by atoms with E-state index < -0.39 is 23.9 Å². The summed E-state index contributed by atoms with van der Waals surface area (Å²) in [6.45, 7) is 1.53. The van der Waals surface area contributed by atoms with Crippen molar-refractivity contribution < 1.29 is 19.5 Å². The van der Waals surface area contributed by atoms with Gasteiger partial charge in [-0.25, -0.2) is 9.59 Å². The zero-order chi connectivity index (χ0) is 16.5. The Morgan fingerprint density at radius 1 is 1.23 bits per heavy atom. The molecule has 0 saturated heterocycles. The van der Waals surface area contributed by atoms with Gasteiger partial charge in [-0.05, 0) is 30.7 Å². The lowest BCUT2D eigenvalue weighted by atomic mass is 10.1. The predicted octanol–water partition coefficient (Wildman–Crippen LogP) is 1.94. The molecule has 1 aromatic rings. The fraction of sp³-hybridized carbons (Fsp3) is 0.357. The van der Waals surface area contributed by atoms with Crippen LogP contribution >= 0.6 is 15.9 Å². The molecule has 0 heterocycles. The number of carbonyl (C=O) groups is 3. The van der Waals surface area contributed by atoms with Gasteiger partial charge in [-0.15, -0.1) is 0 Å². The number of carboxylic acids is 1. The van der Waals surface area contributed by atoms with Crippen molar-refractivity contribution in [3.8, 4) is 0 Å². The zero-order valence-electron chi connectivity index (χ0n) is 12.1. The molecule has 0 saturated carbocycles. The maximum Gasteiger partial charge on any atom is 0.326 e. The molecule has 8 heteroatoms. The van der Waals surface area contributed by atoms with Gasteiger partial charge in [0.15, 0.2) is 0 Å². The number of hydrogen-bond acceptors (Lipinski definition) is 3. The monoisotopic (exact) mass is 371 g/mol. The minimum atomic E-state index is -1.09. The van der Waals surface area contributed by atoms with Crippen molar-refractivity contribution in [2.24, 2.45) is 0 Å². The number of aliphatic carboxylic acids is 1. The summed E-state index contributed by atoms with van der Waals surface area (Å²) in [6, 6.07) is 5.46. The van der Waals surface area contributed by atoms with E-state index in [2.05, 4.69) is 31.9 Å². The maximum absolute atomic E-state index is 11.6. The highest BCUT2D eigenvalue weighted by Crippen LogP contribution is 2.13.